The van der Waals surface area contributed by atoms with Crippen molar-refractivity contribution in [2.45, 2.75) is 11.8 Å². The van der Waals surface area contributed by atoms with E-state index in [1.54, 1.807) is 12.1 Å². The van der Waals surface area contributed by atoms with Gasteiger partial charge in [0.1, 0.15) is 5.75 Å². The molecule has 1 heterocycles. The molecule has 8 heteroatoms. The van der Waals surface area contributed by atoms with Gasteiger partial charge < -0.3 is 9.15 Å². The van der Waals surface area contributed by atoms with Gasteiger partial charge in [0.25, 0.3) is 0 Å². The monoisotopic (exact) mass is 389 g/mol. The summed E-state index contributed by atoms with van der Waals surface area (Å²) in [5.74, 6) is 1.09. The largest absolute Gasteiger partial charge is 0.494 e. The van der Waals surface area contributed by atoms with E-state index in [2.05, 4.69) is 15.5 Å². The molecule has 0 spiro atoms. The number of rotatable bonds is 7. The summed E-state index contributed by atoms with van der Waals surface area (Å²) in [6.45, 7) is 2.52. The summed E-state index contributed by atoms with van der Waals surface area (Å²) in [5, 5.41) is 11.1. The number of nitrogens with zero attached hydrogens (tertiary/aromatic N) is 2. The molecular weight excluding hydrogens is 374 g/mol. The number of amides is 1. The van der Waals surface area contributed by atoms with Crippen molar-refractivity contribution < 1.29 is 13.9 Å². The smallest absolute Gasteiger partial charge is 0.322 e. The van der Waals surface area contributed by atoms with Crippen molar-refractivity contribution in [3.63, 3.8) is 0 Å². The van der Waals surface area contributed by atoms with Gasteiger partial charge >= 0.3 is 6.01 Å². The normalized spacial score (nSPS) is 10.5. The van der Waals surface area contributed by atoms with Crippen molar-refractivity contribution in [3.8, 4) is 17.2 Å². The summed E-state index contributed by atoms with van der Waals surface area (Å²) >= 11 is 7.23. The van der Waals surface area contributed by atoms with E-state index in [0.717, 1.165) is 16.2 Å². The van der Waals surface area contributed by atoms with Gasteiger partial charge in [0.2, 0.25) is 11.8 Å². The zero-order chi connectivity index (χ0) is 18.4. The van der Waals surface area contributed by atoms with Gasteiger partial charge in [-0.1, -0.05) is 16.7 Å². The Kier molecular flexibility index (Phi) is 6.14. The molecule has 3 aromatic rings. The van der Waals surface area contributed by atoms with Crippen LogP contribution in [-0.2, 0) is 4.79 Å². The molecule has 6 nitrogen and oxygen atoms in total. The van der Waals surface area contributed by atoms with Crippen molar-refractivity contribution in [2.75, 3.05) is 17.7 Å². The molecule has 26 heavy (non-hydrogen) atoms. The molecule has 1 N–H and O–H groups in total. The first-order chi connectivity index (χ1) is 12.6. The molecule has 0 aliphatic carbocycles. The number of ether oxygens (including phenoxy) is 1. The maximum absolute atomic E-state index is 12.0. The van der Waals surface area contributed by atoms with Crippen LogP contribution in [0.1, 0.15) is 6.92 Å². The molecule has 0 saturated carbocycles. The highest BCUT2D eigenvalue weighted by molar-refractivity contribution is 8.00. The first kappa shape index (κ1) is 18.3. The minimum Gasteiger partial charge on any atom is -0.494 e. The zero-order valence-corrected chi connectivity index (χ0v) is 15.5. The van der Waals surface area contributed by atoms with Gasteiger partial charge in [0.15, 0.2) is 0 Å². The summed E-state index contributed by atoms with van der Waals surface area (Å²) in [4.78, 5) is 13.0. The van der Waals surface area contributed by atoms with Gasteiger partial charge in [-0.05, 0) is 55.5 Å². The lowest BCUT2D eigenvalue weighted by Gasteiger charge is -2.02. The van der Waals surface area contributed by atoms with E-state index in [4.69, 9.17) is 20.8 Å². The average molecular weight is 390 g/mol. The molecule has 3 rings (SSSR count). The number of nitrogens with one attached hydrogen (secondary N) is 1. The molecule has 0 aliphatic heterocycles. The van der Waals surface area contributed by atoms with Gasteiger partial charge in [0.05, 0.1) is 12.4 Å². The van der Waals surface area contributed by atoms with Crippen LogP contribution in [0, 0.1) is 0 Å². The maximum atomic E-state index is 12.0. The van der Waals surface area contributed by atoms with E-state index in [1.165, 1.54) is 11.8 Å². The Balaban J connectivity index is 1.55. The molecule has 0 bridgehead atoms. The molecule has 2 aromatic carbocycles. The molecule has 0 aliphatic rings. The van der Waals surface area contributed by atoms with Crippen LogP contribution in [0.3, 0.4) is 0 Å². The summed E-state index contributed by atoms with van der Waals surface area (Å²) in [6, 6.07) is 14.6. The molecule has 0 saturated heterocycles. The number of anilines is 1. The fraction of sp³-hybridized carbons (Fsp3) is 0.167. The van der Waals surface area contributed by atoms with Crippen molar-refractivity contribution >= 4 is 35.3 Å². The van der Waals surface area contributed by atoms with Crippen LogP contribution in [-0.4, -0.2) is 28.5 Å². The van der Waals surface area contributed by atoms with Crippen LogP contribution in [0.2, 0.25) is 5.02 Å². The SMILES string of the molecule is CCOc1ccc(-c2nnc(NC(=O)CSc3ccc(Cl)cc3)o2)cc1. The number of halogens is 1. The Labute approximate surface area is 159 Å². The number of thioether (sulfide) groups is 1. The van der Waals surface area contributed by atoms with Crippen molar-refractivity contribution in [1.29, 1.82) is 0 Å². The van der Waals surface area contributed by atoms with E-state index < -0.39 is 0 Å². The van der Waals surface area contributed by atoms with E-state index in [0.29, 0.717) is 17.5 Å². The molecule has 0 unspecified atom stereocenters. The lowest BCUT2D eigenvalue weighted by Crippen LogP contribution is -2.14. The Hall–Kier alpha value is -2.51. The molecule has 134 valence electrons. The number of carbonyl (C=O) groups is 1. The summed E-state index contributed by atoms with van der Waals surface area (Å²) in [7, 11) is 0. The lowest BCUT2D eigenvalue weighted by molar-refractivity contribution is -0.113. The van der Waals surface area contributed by atoms with Gasteiger partial charge in [-0.15, -0.1) is 16.9 Å². The number of carbonyl (C=O) groups excluding carboxylic acids is 1. The first-order valence-electron chi connectivity index (χ1n) is 7.89. The topological polar surface area (TPSA) is 77.3 Å². The van der Waals surface area contributed by atoms with E-state index >= 15 is 0 Å². The first-order valence-corrected chi connectivity index (χ1v) is 9.25. The summed E-state index contributed by atoms with van der Waals surface area (Å²) in [5.41, 5.74) is 0.747. The number of hydrogen-bond acceptors (Lipinski definition) is 6. The third-order valence-electron chi connectivity index (χ3n) is 3.27. The van der Waals surface area contributed by atoms with Crippen molar-refractivity contribution in [3.05, 3.63) is 53.6 Å². The fourth-order valence-electron chi connectivity index (χ4n) is 2.09. The fourth-order valence-corrected chi connectivity index (χ4v) is 2.91. The van der Waals surface area contributed by atoms with Gasteiger partial charge in [-0.25, -0.2) is 0 Å². The number of benzene rings is 2. The Bertz CT molecular complexity index is 866. The van der Waals surface area contributed by atoms with Crippen LogP contribution in [0.4, 0.5) is 6.01 Å². The molecule has 1 amide bonds. The minimum atomic E-state index is -0.230. The van der Waals surface area contributed by atoms with E-state index in [-0.39, 0.29) is 17.7 Å². The molecule has 0 radical (unpaired) electrons. The summed E-state index contributed by atoms with van der Waals surface area (Å²) < 4.78 is 10.9. The Morgan fingerprint density at radius 3 is 2.58 bits per heavy atom. The quantitative estimate of drug-likeness (QED) is 0.598. The second-order valence-corrected chi connectivity index (χ2v) is 6.65. The third kappa shape index (κ3) is 5.00. The second-order valence-electron chi connectivity index (χ2n) is 5.16. The Morgan fingerprint density at radius 1 is 1.15 bits per heavy atom. The Morgan fingerprint density at radius 2 is 1.88 bits per heavy atom. The van der Waals surface area contributed by atoms with Gasteiger partial charge in [-0.3, -0.25) is 10.1 Å². The standard InChI is InChI=1S/C18H16ClN3O3S/c1-2-24-14-7-3-12(4-8-14)17-21-22-18(25-17)20-16(23)11-26-15-9-5-13(19)6-10-15/h3-10H,2,11H2,1H3,(H,20,22,23). The predicted molar refractivity (Wildman–Crippen MR) is 102 cm³/mol. The van der Waals surface area contributed by atoms with Gasteiger partial charge in [0, 0.05) is 15.5 Å². The number of aromatic nitrogens is 2. The molecule has 1 aromatic heterocycles. The highest BCUT2D eigenvalue weighted by Gasteiger charge is 2.12. The van der Waals surface area contributed by atoms with E-state index in [1.807, 2.05) is 43.3 Å². The van der Waals surface area contributed by atoms with Crippen LogP contribution >= 0.6 is 23.4 Å². The van der Waals surface area contributed by atoms with Crippen LogP contribution in [0.5, 0.6) is 5.75 Å². The molecule has 0 atom stereocenters. The van der Waals surface area contributed by atoms with Crippen molar-refractivity contribution in [1.82, 2.24) is 10.2 Å². The highest BCUT2D eigenvalue weighted by Crippen LogP contribution is 2.23. The second kappa shape index (κ2) is 8.73. The molecular formula is C18H16ClN3O3S. The van der Waals surface area contributed by atoms with E-state index in [9.17, 15) is 4.79 Å². The predicted octanol–water partition coefficient (Wildman–Crippen LogP) is 4.52. The average Bonchev–Trinajstić information content (AvgIpc) is 3.10. The molecule has 0 fully saturated rings. The highest BCUT2D eigenvalue weighted by atomic mass is 35.5. The number of hydrogen-bond donors (Lipinski definition) is 1. The third-order valence-corrected chi connectivity index (χ3v) is 4.53. The van der Waals surface area contributed by atoms with Gasteiger partial charge in [-0.2, -0.15) is 0 Å². The summed E-state index contributed by atoms with van der Waals surface area (Å²) in [6.07, 6.45) is 0. The van der Waals surface area contributed by atoms with Crippen molar-refractivity contribution in [2.24, 2.45) is 0 Å². The minimum absolute atomic E-state index is 0.0654. The lowest BCUT2D eigenvalue weighted by atomic mass is 10.2. The maximum Gasteiger partial charge on any atom is 0.322 e. The van der Waals surface area contributed by atoms with Crippen LogP contribution in [0.25, 0.3) is 11.5 Å². The van der Waals surface area contributed by atoms with Crippen LogP contribution < -0.4 is 10.1 Å². The van der Waals surface area contributed by atoms with Crippen LogP contribution in [0.15, 0.2) is 57.8 Å². The zero-order valence-electron chi connectivity index (χ0n) is 13.9.